The van der Waals surface area contributed by atoms with E-state index in [0.717, 1.165) is 65.8 Å². The molecule has 1 amide bonds. The SMILES string of the molecule is CNC1CCC(N(Cc2cc(-c3cccc(C(C)=O)c3)ccc2OC)C(=O)c2sc3c(F)ccc(F)c3c2Cl)CC1.Cl. The zero-order chi connectivity index (χ0) is 29.3. The number of fused-ring (bicyclic) bond motifs is 1. The molecule has 42 heavy (non-hydrogen) atoms. The molecule has 1 saturated carbocycles. The van der Waals surface area contributed by atoms with Crippen molar-refractivity contribution < 1.29 is 23.1 Å². The van der Waals surface area contributed by atoms with Crippen LogP contribution in [0.3, 0.4) is 0 Å². The lowest BCUT2D eigenvalue weighted by molar-refractivity contribution is 0.0604. The maximum Gasteiger partial charge on any atom is 0.266 e. The zero-order valence-corrected chi connectivity index (χ0v) is 25.9. The molecule has 0 radical (unpaired) electrons. The number of Topliss-reactive ketones (excluding diaryl/α,β-unsaturated/α-hetero) is 1. The Balaban J connectivity index is 0.00000405. The van der Waals surface area contributed by atoms with Gasteiger partial charge in [-0.2, -0.15) is 0 Å². The molecule has 5 rings (SSSR count). The molecule has 10 heteroatoms. The summed E-state index contributed by atoms with van der Waals surface area (Å²) in [5, 5.41) is 3.19. The van der Waals surface area contributed by atoms with Crippen LogP contribution in [0.4, 0.5) is 8.78 Å². The molecule has 0 bridgehead atoms. The van der Waals surface area contributed by atoms with E-state index in [1.165, 1.54) is 6.92 Å². The molecule has 0 spiro atoms. The minimum atomic E-state index is -0.662. The van der Waals surface area contributed by atoms with E-state index in [0.29, 0.717) is 17.4 Å². The summed E-state index contributed by atoms with van der Waals surface area (Å²) < 4.78 is 35.0. The molecule has 1 fully saturated rings. The summed E-state index contributed by atoms with van der Waals surface area (Å²) in [5.74, 6) is -1.06. The number of carbonyl (C=O) groups is 2. The molecule has 0 saturated heterocycles. The van der Waals surface area contributed by atoms with Crippen molar-refractivity contribution in [1.82, 2.24) is 10.2 Å². The molecule has 1 aromatic heterocycles. The van der Waals surface area contributed by atoms with Crippen LogP contribution >= 0.6 is 35.3 Å². The van der Waals surface area contributed by atoms with E-state index in [2.05, 4.69) is 5.32 Å². The second-order valence-corrected chi connectivity index (χ2v) is 11.8. The number of methoxy groups -OCH3 is 1. The third-order valence-corrected chi connectivity index (χ3v) is 9.58. The van der Waals surface area contributed by atoms with Gasteiger partial charge in [0.15, 0.2) is 5.78 Å². The molecule has 222 valence electrons. The second kappa shape index (κ2) is 13.5. The Bertz CT molecular complexity index is 1620. The molecule has 3 aromatic carbocycles. The lowest BCUT2D eigenvalue weighted by Gasteiger charge is -2.37. The molecule has 5 nitrogen and oxygen atoms in total. The van der Waals surface area contributed by atoms with Crippen molar-refractivity contribution in [2.24, 2.45) is 0 Å². The van der Waals surface area contributed by atoms with E-state index in [4.69, 9.17) is 16.3 Å². The summed E-state index contributed by atoms with van der Waals surface area (Å²) in [7, 11) is 3.51. The number of hydrogen-bond acceptors (Lipinski definition) is 5. The van der Waals surface area contributed by atoms with Gasteiger partial charge in [0.1, 0.15) is 22.3 Å². The first-order valence-corrected chi connectivity index (χ1v) is 14.7. The molecule has 0 aliphatic heterocycles. The van der Waals surface area contributed by atoms with E-state index >= 15 is 0 Å². The topological polar surface area (TPSA) is 58.6 Å². The van der Waals surface area contributed by atoms with E-state index in [-0.39, 0.29) is 56.7 Å². The standard InChI is InChI=1S/C32H31ClF2N2O3S.ClH/c1-18(38)19-5-4-6-20(15-19)21-7-14-27(40-3)22(16-21)17-37(24-10-8-23(36-2)9-11-24)32(39)31-29(33)28-25(34)12-13-26(35)30(28)41-31;/h4-7,12-16,23-24,36H,8-11,17H2,1-3H3;1H. The van der Waals surface area contributed by atoms with Gasteiger partial charge in [0, 0.05) is 29.8 Å². The van der Waals surface area contributed by atoms with E-state index in [1.807, 2.05) is 43.4 Å². The summed E-state index contributed by atoms with van der Waals surface area (Å²) in [6.07, 6.45) is 3.32. The predicted octanol–water partition coefficient (Wildman–Crippen LogP) is 8.31. The van der Waals surface area contributed by atoms with Gasteiger partial charge in [-0.25, -0.2) is 8.78 Å². The van der Waals surface area contributed by atoms with Gasteiger partial charge in [0.2, 0.25) is 0 Å². The average Bonchev–Trinajstić information content (AvgIpc) is 3.35. The number of hydrogen-bond donors (Lipinski definition) is 1. The van der Waals surface area contributed by atoms with Gasteiger partial charge in [-0.15, -0.1) is 23.7 Å². The lowest BCUT2D eigenvalue weighted by Crippen LogP contribution is -2.44. The molecule has 1 aliphatic carbocycles. The van der Waals surface area contributed by atoms with Gasteiger partial charge < -0.3 is 15.0 Å². The normalized spacial score (nSPS) is 16.6. The van der Waals surface area contributed by atoms with Crippen molar-refractivity contribution in [3.8, 4) is 16.9 Å². The minimum Gasteiger partial charge on any atom is -0.496 e. The maximum absolute atomic E-state index is 14.7. The number of rotatable bonds is 8. The molecule has 0 atom stereocenters. The van der Waals surface area contributed by atoms with Crippen molar-refractivity contribution in [3.63, 3.8) is 0 Å². The summed E-state index contributed by atoms with van der Waals surface area (Å²) in [5.41, 5.74) is 3.13. The zero-order valence-electron chi connectivity index (χ0n) is 23.5. The van der Waals surface area contributed by atoms with Crippen LogP contribution in [0.1, 0.15) is 58.2 Å². The van der Waals surface area contributed by atoms with Gasteiger partial charge in [0.25, 0.3) is 5.91 Å². The fourth-order valence-electron chi connectivity index (χ4n) is 5.59. The Labute approximate surface area is 259 Å². The van der Waals surface area contributed by atoms with Crippen LogP contribution in [0.5, 0.6) is 5.75 Å². The van der Waals surface area contributed by atoms with Crippen LogP contribution in [-0.4, -0.2) is 42.8 Å². The van der Waals surface area contributed by atoms with Crippen LogP contribution in [0, 0.1) is 11.6 Å². The van der Waals surface area contributed by atoms with Crippen molar-refractivity contribution >= 4 is 57.1 Å². The van der Waals surface area contributed by atoms with Crippen LogP contribution in [0.25, 0.3) is 21.2 Å². The first kappa shape index (κ1) is 31.9. The number of benzene rings is 3. The van der Waals surface area contributed by atoms with Crippen LogP contribution in [0.15, 0.2) is 54.6 Å². The molecule has 1 N–H and O–H groups in total. The van der Waals surface area contributed by atoms with Crippen molar-refractivity contribution in [2.75, 3.05) is 14.2 Å². The van der Waals surface area contributed by atoms with E-state index in [1.54, 1.807) is 18.1 Å². The molecular weight excluding hydrogens is 601 g/mol. The number of nitrogens with zero attached hydrogens (tertiary/aromatic N) is 1. The maximum atomic E-state index is 14.7. The van der Waals surface area contributed by atoms with Gasteiger partial charge in [-0.1, -0.05) is 35.9 Å². The van der Waals surface area contributed by atoms with E-state index < -0.39 is 11.6 Å². The van der Waals surface area contributed by atoms with Crippen molar-refractivity contribution in [1.29, 1.82) is 0 Å². The Hall–Kier alpha value is -3.04. The monoisotopic (exact) mass is 632 g/mol. The summed E-state index contributed by atoms with van der Waals surface area (Å²) in [6.45, 7) is 1.74. The number of halogens is 4. The third kappa shape index (κ3) is 6.32. The Morgan fingerprint density at radius 2 is 1.71 bits per heavy atom. The molecule has 1 aliphatic rings. The first-order chi connectivity index (χ1) is 19.7. The minimum absolute atomic E-state index is 0. The quantitative estimate of drug-likeness (QED) is 0.198. The number of amides is 1. The fraction of sp³-hybridized carbons (Fsp3) is 0.312. The number of nitrogens with one attached hydrogen (secondary N) is 1. The lowest BCUT2D eigenvalue weighted by atomic mass is 9.89. The second-order valence-electron chi connectivity index (χ2n) is 10.4. The third-order valence-electron chi connectivity index (χ3n) is 7.91. The largest absolute Gasteiger partial charge is 0.496 e. The Kier molecular flexibility index (Phi) is 10.3. The highest BCUT2D eigenvalue weighted by Gasteiger charge is 2.33. The number of carbonyl (C=O) groups excluding carboxylic acids is 2. The van der Waals surface area contributed by atoms with Crippen molar-refractivity contribution in [3.05, 3.63) is 87.3 Å². The molecular formula is C32H32Cl2F2N2O3S. The average molecular weight is 634 g/mol. The number of ketones is 1. The van der Waals surface area contributed by atoms with Crippen LogP contribution in [-0.2, 0) is 6.54 Å². The molecule has 1 heterocycles. The van der Waals surface area contributed by atoms with Gasteiger partial charge in [0.05, 0.1) is 22.2 Å². The van der Waals surface area contributed by atoms with E-state index in [9.17, 15) is 18.4 Å². The fourth-order valence-corrected chi connectivity index (χ4v) is 7.10. The van der Waals surface area contributed by atoms with Crippen LogP contribution < -0.4 is 10.1 Å². The Morgan fingerprint density at radius 1 is 1.02 bits per heavy atom. The number of thiophene rings is 1. The van der Waals surface area contributed by atoms with Gasteiger partial charge >= 0.3 is 0 Å². The molecule has 0 unspecified atom stereocenters. The smallest absolute Gasteiger partial charge is 0.266 e. The molecule has 4 aromatic rings. The highest BCUT2D eigenvalue weighted by Crippen LogP contribution is 2.40. The summed E-state index contributed by atoms with van der Waals surface area (Å²) in [6, 6.07) is 15.5. The first-order valence-electron chi connectivity index (χ1n) is 13.5. The highest BCUT2D eigenvalue weighted by molar-refractivity contribution is 7.21. The number of ether oxygens (including phenoxy) is 1. The summed E-state index contributed by atoms with van der Waals surface area (Å²) >= 11 is 7.44. The highest BCUT2D eigenvalue weighted by atomic mass is 35.5. The van der Waals surface area contributed by atoms with Crippen LogP contribution in [0.2, 0.25) is 5.02 Å². The van der Waals surface area contributed by atoms with Gasteiger partial charge in [-0.3, -0.25) is 9.59 Å². The Morgan fingerprint density at radius 3 is 2.36 bits per heavy atom. The summed E-state index contributed by atoms with van der Waals surface area (Å²) in [4.78, 5) is 28.1. The van der Waals surface area contributed by atoms with Gasteiger partial charge in [-0.05, 0) is 81.1 Å². The van der Waals surface area contributed by atoms with Crippen molar-refractivity contribution in [2.45, 2.75) is 51.2 Å². The predicted molar refractivity (Wildman–Crippen MR) is 167 cm³/mol.